The van der Waals surface area contributed by atoms with Crippen LogP contribution in [0.4, 0.5) is 5.69 Å². The van der Waals surface area contributed by atoms with Crippen LogP contribution in [0.5, 0.6) is 0 Å². The Kier molecular flexibility index (Phi) is 5.06. The van der Waals surface area contributed by atoms with Gasteiger partial charge in [0.15, 0.2) is 0 Å². The lowest BCUT2D eigenvalue weighted by Crippen LogP contribution is -2.17. The molecule has 2 aromatic carbocycles. The number of alkyl halides is 1. The monoisotopic (exact) mass is 381 g/mol. The van der Waals surface area contributed by atoms with Crippen molar-refractivity contribution in [2.45, 2.75) is 18.8 Å². The van der Waals surface area contributed by atoms with Crippen LogP contribution in [0.15, 0.2) is 46.9 Å². The van der Waals surface area contributed by atoms with Gasteiger partial charge in [-0.2, -0.15) is 0 Å². The average molecular weight is 383 g/mol. The molecule has 0 unspecified atom stereocenters. The fourth-order valence-corrected chi connectivity index (χ4v) is 2.86. The second-order valence-corrected chi connectivity index (χ2v) is 6.22. The highest BCUT2D eigenvalue weighted by atomic mass is 79.9. The predicted molar refractivity (Wildman–Crippen MR) is 90.1 cm³/mol. The molecule has 0 heterocycles. The highest BCUT2D eigenvalue weighted by Gasteiger charge is 2.07. The minimum Gasteiger partial charge on any atom is -0.370 e. The van der Waals surface area contributed by atoms with Crippen LogP contribution in [0.3, 0.4) is 0 Å². The van der Waals surface area contributed by atoms with Crippen molar-refractivity contribution in [1.82, 2.24) is 0 Å². The maximum Gasteiger partial charge on any atom is 0.0426 e. The van der Waals surface area contributed by atoms with Gasteiger partial charge in [0.25, 0.3) is 0 Å². The largest absolute Gasteiger partial charge is 0.370 e. The summed E-state index contributed by atoms with van der Waals surface area (Å²) in [6.45, 7) is 3.04. The minimum atomic E-state index is 0.884. The van der Waals surface area contributed by atoms with Gasteiger partial charge in [0, 0.05) is 29.1 Å². The molecule has 3 heteroatoms. The number of hydrogen-bond donors (Lipinski definition) is 0. The molecule has 0 aliphatic rings. The van der Waals surface area contributed by atoms with E-state index in [2.05, 4.69) is 93.2 Å². The summed E-state index contributed by atoms with van der Waals surface area (Å²) in [6.07, 6.45) is 0. The fourth-order valence-electron chi connectivity index (χ4n) is 2.14. The highest BCUT2D eigenvalue weighted by Crippen LogP contribution is 2.25. The quantitative estimate of drug-likeness (QED) is 0.649. The summed E-state index contributed by atoms with van der Waals surface area (Å²) in [5, 5.41) is 0.884. The first-order chi connectivity index (χ1) is 9.10. The molecule has 0 N–H and O–H groups in total. The molecule has 0 atom stereocenters. The third kappa shape index (κ3) is 3.83. The molecule has 0 spiro atoms. The van der Waals surface area contributed by atoms with Crippen LogP contribution < -0.4 is 4.90 Å². The summed E-state index contributed by atoms with van der Waals surface area (Å²) >= 11 is 7.04. The predicted octanol–water partition coefficient (Wildman–Crippen LogP) is 5.29. The number of rotatable bonds is 4. The maximum atomic E-state index is 3.57. The van der Waals surface area contributed by atoms with E-state index in [1.165, 1.54) is 22.4 Å². The molecule has 0 aliphatic carbocycles. The van der Waals surface area contributed by atoms with Crippen molar-refractivity contribution < 1.29 is 0 Å². The Hall–Kier alpha value is -0.800. The van der Waals surface area contributed by atoms with Crippen molar-refractivity contribution in [3.05, 3.63) is 63.6 Å². The van der Waals surface area contributed by atoms with Crippen molar-refractivity contribution in [2.75, 3.05) is 11.9 Å². The van der Waals surface area contributed by atoms with E-state index in [0.29, 0.717) is 0 Å². The second kappa shape index (κ2) is 6.58. The topological polar surface area (TPSA) is 3.24 Å². The zero-order valence-corrected chi connectivity index (χ0v) is 14.3. The summed E-state index contributed by atoms with van der Waals surface area (Å²) in [4.78, 5) is 2.29. The van der Waals surface area contributed by atoms with Crippen LogP contribution in [0.2, 0.25) is 0 Å². The number of benzene rings is 2. The van der Waals surface area contributed by atoms with Crippen molar-refractivity contribution in [3.8, 4) is 0 Å². The van der Waals surface area contributed by atoms with E-state index in [1.807, 2.05) is 0 Å². The van der Waals surface area contributed by atoms with Crippen molar-refractivity contribution in [1.29, 1.82) is 0 Å². The van der Waals surface area contributed by atoms with Crippen molar-refractivity contribution in [2.24, 2.45) is 0 Å². The molecular formula is C16H17Br2N. The first kappa shape index (κ1) is 14.6. The highest BCUT2D eigenvalue weighted by molar-refractivity contribution is 9.10. The average Bonchev–Trinajstić information content (AvgIpc) is 2.41. The van der Waals surface area contributed by atoms with E-state index >= 15 is 0 Å². The van der Waals surface area contributed by atoms with Crippen LogP contribution in [0.25, 0.3) is 0 Å². The molecule has 0 fully saturated rings. The molecule has 0 saturated carbocycles. The van der Waals surface area contributed by atoms with E-state index in [9.17, 15) is 0 Å². The van der Waals surface area contributed by atoms with Gasteiger partial charge in [0.2, 0.25) is 0 Å². The lowest BCUT2D eigenvalue weighted by molar-refractivity contribution is 0.915. The molecule has 0 bridgehead atoms. The van der Waals surface area contributed by atoms with Gasteiger partial charge in [-0.25, -0.2) is 0 Å². The number of hydrogen-bond acceptors (Lipinski definition) is 1. The Labute approximate surface area is 131 Å². The van der Waals surface area contributed by atoms with Gasteiger partial charge in [-0.05, 0) is 36.2 Å². The number of nitrogens with zero attached hydrogens (tertiary/aromatic N) is 1. The number of aryl methyl sites for hydroxylation is 1. The molecule has 19 heavy (non-hydrogen) atoms. The van der Waals surface area contributed by atoms with Crippen LogP contribution in [0.1, 0.15) is 16.7 Å². The SMILES string of the molecule is Cc1ccc(N(C)Cc2ccc(Br)cc2)c(CBr)c1. The summed E-state index contributed by atoms with van der Waals surface area (Å²) in [7, 11) is 2.14. The molecule has 0 radical (unpaired) electrons. The molecule has 2 aromatic rings. The van der Waals surface area contributed by atoms with Gasteiger partial charge in [-0.3, -0.25) is 0 Å². The van der Waals surface area contributed by atoms with Gasteiger partial charge in [-0.15, -0.1) is 0 Å². The second-order valence-electron chi connectivity index (χ2n) is 4.75. The van der Waals surface area contributed by atoms with Gasteiger partial charge < -0.3 is 4.90 Å². The molecule has 2 rings (SSSR count). The van der Waals surface area contributed by atoms with Crippen LogP contribution in [-0.2, 0) is 11.9 Å². The third-order valence-electron chi connectivity index (χ3n) is 3.12. The van der Waals surface area contributed by atoms with E-state index in [4.69, 9.17) is 0 Å². The lowest BCUT2D eigenvalue weighted by atomic mass is 10.1. The Morgan fingerprint density at radius 2 is 1.74 bits per heavy atom. The summed E-state index contributed by atoms with van der Waals surface area (Å²) in [6, 6.07) is 15.1. The van der Waals surface area contributed by atoms with Gasteiger partial charge in [0.05, 0.1) is 0 Å². The molecule has 0 aliphatic heterocycles. The molecule has 100 valence electrons. The van der Waals surface area contributed by atoms with Crippen molar-refractivity contribution in [3.63, 3.8) is 0 Å². The number of halogens is 2. The zero-order chi connectivity index (χ0) is 13.8. The molecule has 0 aromatic heterocycles. The standard InChI is InChI=1S/C16H17Br2N/c1-12-3-8-16(14(9-12)10-17)19(2)11-13-4-6-15(18)7-5-13/h3-9H,10-11H2,1-2H3. The van der Waals surface area contributed by atoms with Crippen LogP contribution in [0, 0.1) is 6.92 Å². The summed E-state index contributed by atoms with van der Waals surface area (Å²) in [5.41, 5.74) is 5.23. The maximum absolute atomic E-state index is 3.57. The first-order valence-electron chi connectivity index (χ1n) is 6.21. The molecule has 0 amide bonds. The normalized spacial score (nSPS) is 10.5. The smallest absolute Gasteiger partial charge is 0.0426 e. The Bertz CT molecular complexity index is 549. The Balaban J connectivity index is 2.19. The zero-order valence-electron chi connectivity index (χ0n) is 11.2. The van der Waals surface area contributed by atoms with Gasteiger partial charge in [-0.1, -0.05) is 61.7 Å². The van der Waals surface area contributed by atoms with E-state index < -0.39 is 0 Å². The third-order valence-corrected chi connectivity index (χ3v) is 4.26. The van der Waals surface area contributed by atoms with E-state index in [0.717, 1.165) is 16.3 Å². The van der Waals surface area contributed by atoms with Crippen molar-refractivity contribution >= 4 is 37.5 Å². The van der Waals surface area contributed by atoms with E-state index in [-0.39, 0.29) is 0 Å². The van der Waals surface area contributed by atoms with Gasteiger partial charge in [0.1, 0.15) is 0 Å². The van der Waals surface area contributed by atoms with Crippen LogP contribution in [-0.4, -0.2) is 7.05 Å². The summed E-state index contributed by atoms with van der Waals surface area (Å²) in [5.74, 6) is 0. The Morgan fingerprint density at radius 1 is 1.05 bits per heavy atom. The number of anilines is 1. The summed E-state index contributed by atoms with van der Waals surface area (Å²) < 4.78 is 1.12. The first-order valence-corrected chi connectivity index (χ1v) is 8.12. The lowest BCUT2D eigenvalue weighted by Gasteiger charge is -2.22. The van der Waals surface area contributed by atoms with E-state index in [1.54, 1.807) is 0 Å². The van der Waals surface area contributed by atoms with Crippen LogP contribution >= 0.6 is 31.9 Å². The minimum absolute atomic E-state index is 0.884. The molecule has 1 nitrogen and oxygen atoms in total. The Morgan fingerprint density at radius 3 is 2.37 bits per heavy atom. The molecular weight excluding hydrogens is 366 g/mol. The van der Waals surface area contributed by atoms with Gasteiger partial charge >= 0.3 is 0 Å². The molecule has 0 saturated heterocycles. The fraction of sp³-hybridized carbons (Fsp3) is 0.250.